The number of anilines is 2. The van der Waals surface area contributed by atoms with E-state index < -0.39 is 34.5 Å². The van der Waals surface area contributed by atoms with Gasteiger partial charge in [0.1, 0.15) is 0 Å². The van der Waals surface area contributed by atoms with Gasteiger partial charge in [-0.3, -0.25) is 14.4 Å². The molecule has 1 aliphatic rings. The molecule has 0 radical (unpaired) electrons. The summed E-state index contributed by atoms with van der Waals surface area (Å²) in [5.74, 6) is -1.45. The van der Waals surface area contributed by atoms with E-state index in [2.05, 4.69) is 33.2 Å². The van der Waals surface area contributed by atoms with Crippen molar-refractivity contribution in [3.8, 4) is 0 Å². The Bertz CT molecular complexity index is 1440. The zero-order valence-corrected chi connectivity index (χ0v) is 23.5. The van der Waals surface area contributed by atoms with E-state index in [-0.39, 0.29) is 23.8 Å². The Labute approximate surface area is 234 Å². The maximum atomic E-state index is 13.6. The second-order valence-corrected chi connectivity index (χ2v) is 11.8. The Kier molecular flexibility index (Phi) is 8.80. The second-order valence-electron chi connectivity index (χ2n) is 8.71. The van der Waals surface area contributed by atoms with Gasteiger partial charge in [-0.2, -0.15) is 4.31 Å². The number of amides is 2. The molecular weight excluding hydrogens is 621 g/mol. The molecule has 0 bridgehead atoms. The van der Waals surface area contributed by atoms with Crippen LogP contribution in [0.1, 0.15) is 30.5 Å². The summed E-state index contributed by atoms with van der Waals surface area (Å²) in [4.78, 5) is 36.4. The maximum absolute atomic E-state index is 13.6. The van der Waals surface area contributed by atoms with Crippen LogP contribution >= 0.6 is 22.6 Å². The molecule has 0 spiro atoms. The predicted molar refractivity (Wildman–Crippen MR) is 151 cm³/mol. The van der Waals surface area contributed by atoms with Crippen molar-refractivity contribution in [2.75, 3.05) is 23.8 Å². The van der Waals surface area contributed by atoms with Crippen molar-refractivity contribution in [3.05, 3.63) is 87.5 Å². The summed E-state index contributed by atoms with van der Waals surface area (Å²) in [6.45, 7) is 1.06. The molecule has 38 heavy (non-hydrogen) atoms. The lowest BCUT2D eigenvalue weighted by Crippen LogP contribution is -2.41. The van der Waals surface area contributed by atoms with Gasteiger partial charge < -0.3 is 15.4 Å². The van der Waals surface area contributed by atoms with E-state index in [1.165, 1.54) is 35.5 Å². The first-order valence-electron chi connectivity index (χ1n) is 11.8. The third-order valence-electron chi connectivity index (χ3n) is 6.00. The van der Waals surface area contributed by atoms with Crippen LogP contribution in [0.15, 0.2) is 77.7 Å². The van der Waals surface area contributed by atoms with E-state index >= 15 is 0 Å². The van der Waals surface area contributed by atoms with E-state index in [0.717, 1.165) is 14.7 Å². The number of carbonyl (C=O) groups is 3. The summed E-state index contributed by atoms with van der Waals surface area (Å²) < 4.78 is 34.8. The number of nitrogens with one attached hydrogen (secondary N) is 2. The lowest BCUT2D eigenvalue weighted by atomic mass is 9.92. The molecule has 4 rings (SSSR count). The van der Waals surface area contributed by atoms with Crippen molar-refractivity contribution in [2.24, 2.45) is 0 Å². The van der Waals surface area contributed by atoms with Gasteiger partial charge >= 0.3 is 5.97 Å². The largest absolute Gasteiger partial charge is 0.456 e. The summed E-state index contributed by atoms with van der Waals surface area (Å²) in [5.41, 5.74) is 2.73. The molecule has 0 fully saturated rings. The number of sulfonamides is 1. The van der Waals surface area contributed by atoms with Crippen molar-refractivity contribution >= 4 is 61.8 Å². The highest BCUT2D eigenvalue weighted by Gasteiger charge is 2.38. The predicted octanol–water partition coefficient (Wildman–Crippen LogP) is 4.11. The summed E-state index contributed by atoms with van der Waals surface area (Å²) in [6, 6.07) is 19.6. The first kappa shape index (κ1) is 27.7. The smallest absolute Gasteiger partial charge is 0.308 e. The average Bonchev–Trinajstić information content (AvgIpc) is 2.89. The first-order valence-corrected chi connectivity index (χ1v) is 14.3. The van der Waals surface area contributed by atoms with Crippen LogP contribution in [0.2, 0.25) is 0 Å². The van der Waals surface area contributed by atoms with Crippen molar-refractivity contribution in [1.82, 2.24) is 4.31 Å². The van der Waals surface area contributed by atoms with Gasteiger partial charge in [0, 0.05) is 28.4 Å². The summed E-state index contributed by atoms with van der Waals surface area (Å²) in [5, 5.41) is 5.27. The molecule has 0 aliphatic carbocycles. The minimum absolute atomic E-state index is 0.0428. The number of esters is 1. The Morgan fingerprint density at radius 1 is 0.947 bits per heavy atom. The molecule has 1 unspecified atom stereocenters. The lowest BCUT2D eigenvalue weighted by Gasteiger charge is -2.36. The molecule has 3 aromatic rings. The molecule has 1 aliphatic heterocycles. The fourth-order valence-corrected chi connectivity index (χ4v) is 6.24. The number of benzene rings is 3. The molecule has 2 N–H and O–H groups in total. The zero-order valence-electron chi connectivity index (χ0n) is 20.5. The van der Waals surface area contributed by atoms with Crippen LogP contribution in [0.5, 0.6) is 0 Å². The zero-order chi connectivity index (χ0) is 27.3. The number of hydrogen-bond acceptors (Lipinski definition) is 6. The topological polar surface area (TPSA) is 122 Å². The number of halogens is 1. The summed E-state index contributed by atoms with van der Waals surface area (Å²) >= 11 is 2.15. The van der Waals surface area contributed by atoms with Gasteiger partial charge in [0.2, 0.25) is 15.9 Å². The van der Waals surface area contributed by atoms with Crippen LogP contribution in [-0.4, -0.2) is 43.7 Å². The monoisotopic (exact) mass is 647 g/mol. The fraction of sp³-hybridized carbons (Fsp3) is 0.222. The molecule has 1 atom stereocenters. The molecule has 198 valence electrons. The van der Waals surface area contributed by atoms with Crippen LogP contribution in [0.3, 0.4) is 0 Å². The van der Waals surface area contributed by atoms with Crippen LogP contribution in [0, 0.1) is 3.57 Å². The van der Waals surface area contributed by atoms with Crippen LogP contribution in [-0.2, 0) is 35.6 Å². The minimum atomic E-state index is -3.99. The van der Waals surface area contributed by atoms with Gasteiger partial charge in [-0.1, -0.05) is 24.3 Å². The SMILES string of the molecule is CC(=O)Nc1ccc(S(=O)(=O)N2CCc3ccccc3C2CC(=O)OCC(=O)Nc2ccc(I)cc2)cc1. The summed E-state index contributed by atoms with van der Waals surface area (Å²) in [7, 11) is -3.99. The number of hydrogen-bond donors (Lipinski definition) is 2. The van der Waals surface area contributed by atoms with Gasteiger partial charge in [0.25, 0.3) is 5.91 Å². The van der Waals surface area contributed by atoms with E-state index in [1.807, 2.05) is 24.3 Å². The molecule has 0 aromatic heterocycles. The number of ether oxygens (including phenoxy) is 1. The number of nitrogens with zero attached hydrogens (tertiary/aromatic N) is 1. The number of rotatable bonds is 8. The van der Waals surface area contributed by atoms with E-state index in [0.29, 0.717) is 17.8 Å². The molecule has 0 saturated heterocycles. The van der Waals surface area contributed by atoms with Crippen LogP contribution < -0.4 is 10.6 Å². The Morgan fingerprint density at radius 2 is 1.58 bits per heavy atom. The number of carbonyl (C=O) groups excluding carboxylic acids is 3. The van der Waals surface area contributed by atoms with E-state index in [1.54, 1.807) is 24.3 Å². The van der Waals surface area contributed by atoms with Crippen molar-refractivity contribution in [1.29, 1.82) is 0 Å². The lowest BCUT2D eigenvalue weighted by molar-refractivity contribution is -0.148. The van der Waals surface area contributed by atoms with Crippen molar-refractivity contribution in [3.63, 3.8) is 0 Å². The highest BCUT2D eigenvalue weighted by Crippen LogP contribution is 2.36. The van der Waals surface area contributed by atoms with Gasteiger partial charge in [-0.25, -0.2) is 8.42 Å². The van der Waals surface area contributed by atoms with Gasteiger partial charge in [-0.05, 0) is 88.7 Å². The third kappa shape index (κ3) is 6.77. The molecule has 3 aromatic carbocycles. The molecular formula is C27H26IN3O6S. The second kappa shape index (κ2) is 12.0. The summed E-state index contributed by atoms with van der Waals surface area (Å²) in [6.07, 6.45) is 0.236. The van der Waals surface area contributed by atoms with Gasteiger partial charge in [0.05, 0.1) is 17.4 Å². The number of fused-ring (bicyclic) bond motifs is 1. The normalized spacial score (nSPS) is 15.3. The standard InChI is InChI=1S/C27H26IN3O6S/c1-18(32)29-21-10-12-23(13-11-21)38(35,36)31-15-14-19-4-2-3-5-24(19)25(31)16-27(34)37-17-26(33)30-22-8-6-20(28)7-9-22/h2-13,25H,14-17H2,1H3,(H,29,32)(H,30,33). The fourth-order valence-electron chi connectivity index (χ4n) is 4.27. The van der Waals surface area contributed by atoms with Gasteiger partial charge in [-0.15, -0.1) is 0 Å². The third-order valence-corrected chi connectivity index (χ3v) is 8.64. The Morgan fingerprint density at radius 3 is 2.26 bits per heavy atom. The molecule has 0 saturated carbocycles. The highest BCUT2D eigenvalue weighted by molar-refractivity contribution is 14.1. The van der Waals surface area contributed by atoms with Crippen LogP contribution in [0.25, 0.3) is 0 Å². The van der Waals surface area contributed by atoms with E-state index in [9.17, 15) is 22.8 Å². The van der Waals surface area contributed by atoms with Gasteiger partial charge in [0.15, 0.2) is 6.61 Å². The molecule has 1 heterocycles. The maximum Gasteiger partial charge on any atom is 0.308 e. The molecule has 11 heteroatoms. The van der Waals surface area contributed by atoms with Crippen molar-refractivity contribution in [2.45, 2.75) is 30.7 Å². The Balaban J connectivity index is 1.49. The minimum Gasteiger partial charge on any atom is -0.456 e. The quantitative estimate of drug-likeness (QED) is 0.281. The molecule has 2 amide bonds. The van der Waals surface area contributed by atoms with Crippen molar-refractivity contribution < 1.29 is 27.5 Å². The average molecular weight is 647 g/mol. The highest BCUT2D eigenvalue weighted by atomic mass is 127. The van der Waals surface area contributed by atoms with Crippen LogP contribution in [0.4, 0.5) is 11.4 Å². The molecule has 9 nitrogen and oxygen atoms in total. The first-order chi connectivity index (χ1) is 18.1. The Hall–Kier alpha value is -3.29. The van der Waals surface area contributed by atoms with E-state index in [4.69, 9.17) is 4.74 Å².